The summed E-state index contributed by atoms with van der Waals surface area (Å²) < 4.78 is 35.6. The normalized spacial score (nSPS) is 46.2. The average molecular weight is 631 g/mol. The van der Waals surface area contributed by atoms with Gasteiger partial charge in [-0.3, -0.25) is 9.59 Å². The smallest absolute Gasteiger partial charge is 0.458 e. The summed E-state index contributed by atoms with van der Waals surface area (Å²) in [4.78, 5) is 41.3. The topological polar surface area (TPSA) is 162 Å². The van der Waals surface area contributed by atoms with Gasteiger partial charge in [0.15, 0.2) is 18.0 Å². The number of esters is 1. The Morgan fingerprint density at radius 3 is 2.20 bits per heavy atom. The average Bonchev–Trinajstić information content (AvgIpc) is 3.27. The van der Waals surface area contributed by atoms with Crippen molar-refractivity contribution < 1.29 is 53.0 Å². The molecule has 3 rings (SSSR count). The molecule has 3 saturated heterocycles. The van der Waals surface area contributed by atoms with Crippen LogP contribution in [-0.4, -0.2) is 121 Å². The predicted molar refractivity (Wildman–Crippen MR) is 158 cm³/mol. The van der Waals surface area contributed by atoms with E-state index in [0.29, 0.717) is 6.42 Å². The molecule has 3 heterocycles. The number of hydrogen-bond donors (Lipinski definition) is 3. The van der Waals surface area contributed by atoms with Crippen LogP contribution in [0.1, 0.15) is 74.7 Å². The van der Waals surface area contributed by atoms with Crippen molar-refractivity contribution in [3.63, 3.8) is 0 Å². The number of carbonyl (C=O) groups is 3. The van der Waals surface area contributed by atoms with Gasteiger partial charge in [-0.25, -0.2) is 4.79 Å². The van der Waals surface area contributed by atoms with E-state index >= 15 is 0 Å². The zero-order chi connectivity index (χ0) is 33.3. The van der Waals surface area contributed by atoms with Gasteiger partial charge in [0.2, 0.25) is 5.91 Å². The van der Waals surface area contributed by atoms with Crippen LogP contribution in [0.2, 0.25) is 0 Å². The lowest BCUT2D eigenvalue weighted by atomic mass is 9.79. The number of nitrogens with one attached hydrogen (secondary N) is 1. The number of methoxy groups -OCH3 is 1. The van der Waals surface area contributed by atoms with E-state index in [4.69, 9.17) is 28.4 Å². The third-order valence-corrected chi connectivity index (χ3v) is 9.85. The first kappa shape index (κ1) is 36.4. The summed E-state index contributed by atoms with van der Waals surface area (Å²) in [5.74, 6) is -3.74. The standard InChI is InChI=1S/C31H54N2O11/c1-12-21-31(8)25(43-29(38)44-31)19(6)26(36)32-15(2)14-30(7,39-11)24(17(4)22(34)18(5)27(37)41-21)42-28-23(35)20(33(9)10)13-16(3)40-28/h15-25,28,34-35H,12-14H2,1-11H3,(H,32,36)/t15-,16-,17+,18-,19-,20+,21-,22+,23-,24+,25-,28+,30-,31-/m1/s1. The number of cyclic esters (lactones) is 1. The first-order valence-electron chi connectivity index (χ1n) is 15.7. The number of hydrogen-bond acceptors (Lipinski definition) is 12. The molecule has 3 fully saturated rings. The van der Waals surface area contributed by atoms with Crippen molar-refractivity contribution in [2.75, 3.05) is 21.2 Å². The van der Waals surface area contributed by atoms with Crippen LogP contribution in [0.25, 0.3) is 0 Å². The Bertz CT molecular complexity index is 1030. The maximum Gasteiger partial charge on any atom is 0.509 e. The van der Waals surface area contributed by atoms with Crippen LogP contribution < -0.4 is 5.32 Å². The number of amides is 1. The van der Waals surface area contributed by atoms with Gasteiger partial charge in [-0.1, -0.05) is 13.8 Å². The second-order valence-corrected chi connectivity index (χ2v) is 13.6. The predicted octanol–water partition coefficient (Wildman–Crippen LogP) is 2.00. The molecule has 0 bridgehead atoms. The number of carbonyl (C=O) groups excluding carboxylic acids is 3. The molecule has 0 aromatic rings. The summed E-state index contributed by atoms with van der Waals surface area (Å²) in [5.41, 5.74) is -2.58. The van der Waals surface area contributed by atoms with E-state index in [0.717, 1.165) is 0 Å². The zero-order valence-electron chi connectivity index (χ0n) is 28.1. The highest BCUT2D eigenvalue weighted by Gasteiger charge is 2.58. The lowest BCUT2D eigenvalue weighted by molar-refractivity contribution is -0.301. The third kappa shape index (κ3) is 7.33. The van der Waals surface area contributed by atoms with E-state index in [2.05, 4.69) is 5.32 Å². The molecule has 1 amide bonds. The molecule has 13 nitrogen and oxygen atoms in total. The molecule has 14 atom stereocenters. The molecular formula is C31H54N2O11. The maximum absolute atomic E-state index is 13.5. The van der Waals surface area contributed by atoms with Crippen molar-refractivity contribution in [1.29, 1.82) is 0 Å². The molecule has 0 spiro atoms. The highest BCUT2D eigenvalue weighted by atomic mass is 16.8. The van der Waals surface area contributed by atoms with Crippen molar-refractivity contribution in [3.05, 3.63) is 0 Å². The molecule has 0 saturated carbocycles. The van der Waals surface area contributed by atoms with Gasteiger partial charge in [-0.15, -0.1) is 0 Å². The summed E-state index contributed by atoms with van der Waals surface area (Å²) in [6.07, 6.45) is -6.32. The molecule has 3 N–H and O–H groups in total. The van der Waals surface area contributed by atoms with Crippen LogP contribution in [0.5, 0.6) is 0 Å². The number of rotatable bonds is 5. The Hall–Kier alpha value is -2.03. The van der Waals surface area contributed by atoms with Crippen molar-refractivity contribution in [2.24, 2.45) is 17.8 Å². The zero-order valence-corrected chi connectivity index (χ0v) is 28.1. The largest absolute Gasteiger partial charge is 0.509 e. The number of nitrogens with zero attached hydrogens (tertiary/aromatic N) is 1. The fraction of sp³-hybridized carbons (Fsp3) is 0.903. The lowest BCUT2D eigenvalue weighted by Gasteiger charge is -2.47. The van der Waals surface area contributed by atoms with Crippen LogP contribution in [0.4, 0.5) is 4.79 Å². The number of ether oxygens (including phenoxy) is 6. The Morgan fingerprint density at radius 1 is 1.00 bits per heavy atom. The number of aliphatic hydroxyl groups excluding tert-OH is 2. The Labute approximate surface area is 261 Å². The number of aliphatic hydroxyl groups is 2. The van der Waals surface area contributed by atoms with E-state index in [9.17, 15) is 24.6 Å². The van der Waals surface area contributed by atoms with Gasteiger partial charge in [-0.05, 0) is 74.9 Å². The minimum Gasteiger partial charge on any atom is -0.458 e. The molecule has 254 valence electrons. The Kier molecular flexibility index (Phi) is 11.7. The second-order valence-electron chi connectivity index (χ2n) is 13.6. The summed E-state index contributed by atoms with van der Waals surface area (Å²) in [6.45, 7) is 13.8. The van der Waals surface area contributed by atoms with Crippen LogP contribution in [0, 0.1) is 17.8 Å². The molecule has 3 aliphatic heterocycles. The summed E-state index contributed by atoms with van der Waals surface area (Å²) in [6, 6.07) is -0.709. The fourth-order valence-corrected chi connectivity index (χ4v) is 7.07. The van der Waals surface area contributed by atoms with Gasteiger partial charge in [0.05, 0.1) is 35.7 Å². The summed E-state index contributed by atoms with van der Waals surface area (Å²) in [5, 5.41) is 25.9. The number of likely N-dealkylation sites (N-methyl/N-ethyl adjacent to an activating group) is 1. The molecule has 0 aromatic carbocycles. The lowest BCUT2D eigenvalue weighted by Crippen LogP contribution is -2.60. The molecule has 3 aliphatic rings. The van der Waals surface area contributed by atoms with Gasteiger partial charge in [0, 0.05) is 25.1 Å². The molecule has 13 heteroatoms. The highest BCUT2D eigenvalue weighted by molar-refractivity contribution is 5.80. The van der Waals surface area contributed by atoms with E-state index in [1.807, 2.05) is 32.8 Å². The molecule has 0 aliphatic carbocycles. The molecule has 0 aromatic heterocycles. The van der Waals surface area contributed by atoms with Gasteiger partial charge in [0.25, 0.3) is 0 Å². The monoisotopic (exact) mass is 630 g/mol. The van der Waals surface area contributed by atoms with E-state index < -0.39 is 89.8 Å². The summed E-state index contributed by atoms with van der Waals surface area (Å²) >= 11 is 0. The van der Waals surface area contributed by atoms with Gasteiger partial charge >= 0.3 is 12.1 Å². The van der Waals surface area contributed by atoms with E-state index in [1.54, 1.807) is 41.5 Å². The molecule has 44 heavy (non-hydrogen) atoms. The van der Waals surface area contributed by atoms with E-state index in [1.165, 1.54) is 7.11 Å². The molecular weight excluding hydrogens is 576 g/mol. The van der Waals surface area contributed by atoms with Gasteiger partial charge in [0.1, 0.15) is 12.2 Å². The van der Waals surface area contributed by atoms with Crippen molar-refractivity contribution in [1.82, 2.24) is 10.2 Å². The van der Waals surface area contributed by atoms with Crippen LogP contribution in [0.3, 0.4) is 0 Å². The van der Waals surface area contributed by atoms with Crippen molar-refractivity contribution in [3.8, 4) is 0 Å². The maximum atomic E-state index is 13.5. The minimum absolute atomic E-state index is 0.219. The quantitative estimate of drug-likeness (QED) is 0.380. The minimum atomic E-state index is -1.45. The summed E-state index contributed by atoms with van der Waals surface area (Å²) in [7, 11) is 5.26. The molecule has 0 radical (unpaired) electrons. The Morgan fingerprint density at radius 2 is 1.64 bits per heavy atom. The van der Waals surface area contributed by atoms with Crippen LogP contribution in [-0.2, 0) is 38.0 Å². The number of fused-ring (bicyclic) bond motifs is 1. The van der Waals surface area contributed by atoms with Crippen LogP contribution in [0.15, 0.2) is 0 Å². The van der Waals surface area contributed by atoms with E-state index in [-0.39, 0.29) is 25.0 Å². The Balaban J connectivity index is 2.06. The SMILES string of the molecule is CC[C@H]1OC(=O)[C@H](C)[C@@H](O)[C@H](C)[C@H](O[C@@H]2O[C@H](C)C[C@H](N(C)C)[C@H]2O)[C@](C)(OC)C[C@@H](C)NC(=O)[C@H](C)[C@H]2OC(=O)O[C@@]21C. The van der Waals surface area contributed by atoms with Crippen molar-refractivity contribution in [2.45, 2.75) is 141 Å². The molecule has 0 unspecified atom stereocenters. The first-order valence-corrected chi connectivity index (χ1v) is 15.7. The fourth-order valence-electron chi connectivity index (χ4n) is 7.07. The highest BCUT2D eigenvalue weighted by Crippen LogP contribution is 2.40. The second kappa shape index (κ2) is 14.2. The van der Waals surface area contributed by atoms with Gasteiger partial charge in [-0.2, -0.15) is 0 Å². The third-order valence-electron chi connectivity index (χ3n) is 9.85. The van der Waals surface area contributed by atoms with Crippen molar-refractivity contribution >= 4 is 18.0 Å². The van der Waals surface area contributed by atoms with Crippen LogP contribution >= 0.6 is 0 Å². The first-order chi connectivity index (χ1) is 20.4. The van der Waals surface area contributed by atoms with Gasteiger partial charge < -0.3 is 48.9 Å².